The van der Waals surface area contributed by atoms with E-state index in [0.29, 0.717) is 24.8 Å². The first-order chi connectivity index (χ1) is 12.2. The van der Waals surface area contributed by atoms with E-state index in [9.17, 15) is 0 Å². The molecule has 2 heterocycles. The molecule has 1 fully saturated rings. The Kier molecular flexibility index (Phi) is 4.36. The molecule has 0 saturated heterocycles. The van der Waals surface area contributed by atoms with E-state index in [4.69, 9.17) is 10.5 Å². The van der Waals surface area contributed by atoms with Gasteiger partial charge in [0.15, 0.2) is 5.82 Å². The number of hydrogen-bond acceptors (Lipinski definition) is 5. The number of nitrogens with two attached hydrogens (primary N) is 1. The summed E-state index contributed by atoms with van der Waals surface area (Å²) < 4.78 is 8.01. The first-order valence-electron chi connectivity index (χ1n) is 8.92. The highest BCUT2D eigenvalue weighted by atomic mass is 16.5. The zero-order valence-electron chi connectivity index (χ0n) is 14.5. The molecule has 3 aromatic rings. The Hall–Kier alpha value is -2.47. The molecule has 0 atom stereocenters. The summed E-state index contributed by atoms with van der Waals surface area (Å²) in [6.45, 7) is 2.62. The fourth-order valence-electron chi connectivity index (χ4n) is 3.36. The molecular weight excluding hydrogens is 314 g/mol. The number of benzene rings is 1. The molecule has 2 N–H and O–H groups in total. The van der Waals surface area contributed by atoms with E-state index in [1.807, 2.05) is 12.4 Å². The molecule has 4 rings (SSSR count). The molecule has 25 heavy (non-hydrogen) atoms. The highest BCUT2D eigenvalue weighted by molar-refractivity contribution is 5.70. The summed E-state index contributed by atoms with van der Waals surface area (Å²) in [7, 11) is 0. The summed E-state index contributed by atoms with van der Waals surface area (Å²) in [6.07, 6.45) is 9.55. The Morgan fingerprint density at radius 1 is 1.28 bits per heavy atom. The Balaban J connectivity index is 1.72. The van der Waals surface area contributed by atoms with Gasteiger partial charge in [-0.3, -0.25) is 0 Å². The number of rotatable bonds is 5. The van der Waals surface area contributed by atoms with Crippen molar-refractivity contribution in [2.24, 2.45) is 5.73 Å². The Labute approximate surface area is 147 Å². The van der Waals surface area contributed by atoms with Crippen LogP contribution in [0.15, 0.2) is 30.6 Å². The molecule has 130 valence electrons. The van der Waals surface area contributed by atoms with E-state index in [1.165, 1.54) is 18.4 Å². The fourth-order valence-corrected chi connectivity index (χ4v) is 3.36. The molecule has 1 saturated carbocycles. The molecule has 0 radical (unpaired) electrons. The van der Waals surface area contributed by atoms with Crippen LogP contribution < -0.4 is 10.5 Å². The van der Waals surface area contributed by atoms with Crippen molar-refractivity contribution in [2.75, 3.05) is 6.54 Å². The molecule has 6 nitrogen and oxygen atoms in total. The van der Waals surface area contributed by atoms with Crippen LogP contribution in [0.5, 0.6) is 5.75 Å². The maximum Gasteiger partial charge on any atom is 0.252 e. The SMILES string of the molecule is Cc1ccc(OC2CCCC2)c(-c2cnc3nc(CCN)nn3c2)c1. The summed E-state index contributed by atoms with van der Waals surface area (Å²) in [5, 5.41) is 4.47. The highest BCUT2D eigenvalue weighted by Gasteiger charge is 2.19. The van der Waals surface area contributed by atoms with Gasteiger partial charge in [-0.2, -0.15) is 4.98 Å². The Bertz CT molecular complexity index is 883. The predicted octanol–water partition coefficient (Wildman–Crippen LogP) is 2.92. The Morgan fingerprint density at radius 3 is 2.92 bits per heavy atom. The minimum absolute atomic E-state index is 0.320. The molecular formula is C19H23N5O. The third-order valence-electron chi connectivity index (χ3n) is 4.65. The second kappa shape index (κ2) is 6.80. The van der Waals surface area contributed by atoms with Gasteiger partial charge in [-0.05, 0) is 51.3 Å². The summed E-state index contributed by atoms with van der Waals surface area (Å²) in [5.41, 5.74) is 8.82. The van der Waals surface area contributed by atoms with Gasteiger partial charge in [0.25, 0.3) is 5.78 Å². The van der Waals surface area contributed by atoms with Crippen LogP contribution in [0.4, 0.5) is 0 Å². The largest absolute Gasteiger partial charge is 0.490 e. The van der Waals surface area contributed by atoms with Gasteiger partial charge in [-0.15, -0.1) is 5.10 Å². The van der Waals surface area contributed by atoms with Crippen molar-refractivity contribution in [2.45, 2.75) is 45.1 Å². The molecule has 2 aromatic heterocycles. The normalized spacial score (nSPS) is 15.1. The average Bonchev–Trinajstić information content (AvgIpc) is 3.25. The van der Waals surface area contributed by atoms with Gasteiger partial charge in [0.2, 0.25) is 0 Å². The topological polar surface area (TPSA) is 78.3 Å². The minimum Gasteiger partial charge on any atom is -0.490 e. The maximum absolute atomic E-state index is 6.28. The third kappa shape index (κ3) is 3.35. The van der Waals surface area contributed by atoms with E-state index in [2.05, 4.69) is 40.2 Å². The zero-order chi connectivity index (χ0) is 17.2. The number of hydrogen-bond donors (Lipinski definition) is 1. The van der Waals surface area contributed by atoms with Crippen molar-refractivity contribution in [3.05, 3.63) is 42.0 Å². The highest BCUT2D eigenvalue weighted by Crippen LogP contribution is 2.33. The summed E-state index contributed by atoms with van der Waals surface area (Å²) >= 11 is 0. The van der Waals surface area contributed by atoms with Gasteiger partial charge in [0, 0.05) is 29.9 Å². The molecule has 6 heteroatoms. The third-order valence-corrected chi connectivity index (χ3v) is 4.65. The number of fused-ring (bicyclic) bond motifs is 1. The van der Waals surface area contributed by atoms with Crippen molar-refractivity contribution in [3.8, 4) is 16.9 Å². The quantitative estimate of drug-likeness (QED) is 0.774. The van der Waals surface area contributed by atoms with Crippen LogP contribution in [0.1, 0.15) is 37.1 Å². The molecule has 0 amide bonds. The van der Waals surface area contributed by atoms with Crippen molar-refractivity contribution in [3.63, 3.8) is 0 Å². The molecule has 0 bridgehead atoms. The van der Waals surface area contributed by atoms with E-state index in [0.717, 1.165) is 35.5 Å². The van der Waals surface area contributed by atoms with Crippen molar-refractivity contribution in [1.82, 2.24) is 19.6 Å². The lowest BCUT2D eigenvalue weighted by Crippen LogP contribution is -2.11. The minimum atomic E-state index is 0.320. The summed E-state index contributed by atoms with van der Waals surface area (Å²) in [4.78, 5) is 8.85. The van der Waals surface area contributed by atoms with Crippen LogP contribution in [-0.4, -0.2) is 32.2 Å². The molecule has 0 unspecified atom stereocenters. The number of aryl methyl sites for hydroxylation is 1. The lowest BCUT2D eigenvalue weighted by atomic mass is 10.0. The standard InChI is InChI=1S/C19H23N5O/c1-13-6-7-17(25-15-4-2-3-5-15)16(10-13)14-11-21-19-22-18(8-9-20)23-24(19)12-14/h6-7,10-12,15H,2-5,8-9,20H2,1H3. The van der Waals surface area contributed by atoms with Crippen LogP contribution in [0, 0.1) is 6.92 Å². The lowest BCUT2D eigenvalue weighted by Gasteiger charge is -2.17. The van der Waals surface area contributed by atoms with Crippen molar-refractivity contribution >= 4 is 5.78 Å². The van der Waals surface area contributed by atoms with E-state index in [-0.39, 0.29) is 0 Å². The van der Waals surface area contributed by atoms with Crippen LogP contribution in [0.3, 0.4) is 0 Å². The van der Waals surface area contributed by atoms with Gasteiger partial charge in [-0.1, -0.05) is 11.6 Å². The van der Waals surface area contributed by atoms with Crippen molar-refractivity contribution < 1.29 is 4.74 Å². The van der Waals surface area contributed by atoms with Gasteiger partial charge in [0.1, 0.15) is 5.75 Å². The van der Waals surface area contributed by atoms with Crippen LogP contribution in [0.25, 0.3) is 16.9 Å². The Morgan fingerprint density at radius 2 is 2.12 bits per heavy atom. The molecule has 1 aliphatic rings. The van der Waals surface area contributed by atoms with Crippen molar-refractivity contribution in [1.29, 1.82) is 0 Å². The number of ether oxygens (including phenoxy) is 1. The second-order valence-corrected chi connectivity index (χ2v) is 6.68. The van der Waals surface area contributed by atoms with E-state index >= 15 is 0 Å². The van der Waals surface area contributed by atoms with Crippen LogP contribution in [-0.2, 0) is 6.42 Å². The first kappa shape index (κ1) is 16.0. The van der Waals surface area contributed by atoms with Crippen LogP contribution >= 0.6 is 0 Å². The molecule has 0 aliphatic heterocycles. The van der Waals surface area contributed by atoms with Gasteiger partial charge >= 0.3 is 0 Å². The fraction of sp³-hybridized carbons (Fsp3) is 0.421. The van der Waals surface area contributed by atoms with Gasteiger partial charge < -0.3 is 10.5 Å². The maximum atomic E-state index is 6.28. The summed E-state index contributed by atoms with van der Waals surface area (Å²) in [5.74, 6) is 2.23. The molecule has 0 spiro atoms. The molecule has 1 aliphatic carbocycles. The van der Waals surface area contributed by atoms with E-state index < -0.39 is 0 Å². The van der Waals surface area contributed by atoms with E-state index in [1.54, 1.807) is 4.52 Å². The number of aromatic nitrogens is 4. The van der Waals surface area contributed by atoms with Gasteiger partial charge in [-0.25, -0.2) is 9.50 Å². The lowest BCUT2D eigenvalue weighted by molar-refractivity contribution is 0.211. The zero-order valence-corrected chi connectivity index (χ0v) is 14.5. The predicted molar refractivity (Wildman–Crippen MR) is 96.6 cm³/mol. The second-order valence-electron chi connectivity index (χ2n) is 6.68. The van der Waals surface area contributed by atoms with Gasteiger partial charge in [0.05, 0.1) is 6.10 Å². The summed E-state index contributed by atoms with van der Waals surface area (Å²) in [6, 6.07) is 6.30. The number of nitrogens with zero attached hydrogens (tertiary/aromatic N) is 4. The molecule has 1 aromatic carbocycles. The monoisotopic (exact) mass is 337 g/mol. The smallest absolute Gasteiger partial charge is 0.252 e. The average molecular weight is 337 g/mol. The van der Waals surface area contributed by atoms with Crippen LogP contribution in [0.2, 0.25) is 0 Å². The first-order valence-corrected chi connectivity index (χ1v) is 8.92.